The van der Waals surface area contributed by atoms with Gasteiger partial charge in [-0.15, -0.1) is 0 Å². The molecule has 3 aromatic rings. The molecule has 0 aliphatic carbocycles. The Kier molecular flexibility index (Phi) is 5.82. The average molecular weight is 385 g/mol. The zero-order valence-electron chi connectivity index (χ0n) is 15.9. The molecule has 27 heavy (non-hydrogen) atoms. The summed E-state index contributed by atoms with van der Waals surface area (Å²) in [4.78, 5) is 32.1. The minimum atomic E-state index is -0.192. The Morgan fingerprint density at radius 2 is 2.07 bits per heavy atom. The standard InChI is InChI=1S/C20H23N3O3S/c1-12-9-16(14(3)23(12)13(2)10-26-4)18(24)11-27-20-21-17-8-6-5-7-15(17)19(25)22-20/h5-9,13H,10-11H2,1-4H3,(H,21,22,25)/t13-/m0/s1. The number of hydrogen-bond acceptors (Lipinski definition) is 5. The summed E-state index contributed by atoms with van der Waals surface area (Å²) in [6.45, 7) is 6.59. The topological polar surface area (TPSA) is 77.0 Å². The molecule has 1 aromatic carbocycles. The van der Waals surface area contributed by atoms with E-state index in [9.17, 15) is 9.59 Å². The van der Waals surface area contributed by atoms with Crippen LogP contribution in [-0.2, 0) is 4.74 Å². The van der Waals surface area contributed by atoms with Crippen molar-refractivity contribution in [3.8, 4) is 0 Å². The summed E-state index contributed by atoms with van der Waals surface area (Å²) in [5.74, 6) is 0.226. The average Bonchev–Trinajstić information content (AvgIpc) is 2.94. The van der Waals surface area contributed by atoms with Gasteiger partial charge in [-0.2, -0.15) is 0 Å². The number of aromatic amines is 1. The SMILES string of the molecule is COC[C@H](C)n1c(C)cc(C(=O)CSc2nc3ccccc3c(=O)[nH]2)c1C. The van der Waals surface area contributed by atoms with Crippen LogP contribution in [-0.4, -0.2) is 39.8 Å². The number of nitrogens with zero attached hydrogens (tertiary/aromatic N) is 2. The molecule has 0 aliphatic rings. The highest BCUT2D eigenvalue weighted by atomic mass is 32.2. The van der Waals surface area contributed by atoms with Crippen LogP contribution in [0.15, 0.2) is 40.3 Å². The predicted molar refractivity (Wildman–Crippen MR) is 108 cm³/mol. The fourth-order valence-corrected chi connectivity index (χ4v) is 4.15. The lowest BCUT2D eigenvalue weighted by atomic mass is 10.2. The number of carbonyl (C=O) groups is 1. The summed E-state index contributed by atoms with van der Waals surface area (Å²) in [7, 11) is 1.67. The molecule has 3 rings (SSSR count). The second-order valence-corrected chi connectivity index (χ2v) is 7.52. The Labute approximate surface area is 162 Å². The highest BCUT2D eigenvalue weighted by Gasteiger charge is 2.19. The number of para-hydroxylation sites is 1. The smallest absolute Gasteiger partial charge is 0.259 e. The number of methoxy groups -OCH3 is 1. The molecule has 142 valence electrons. The first-order valence-corrected chi connectivity index (χ1v) is 9.73. The van der Waals surface area contributed by atoms with Gasteiger partial charge in [0.25, 0.3) is 5.56 Å². The normalized spacial score (nSPS) is 12.4. The molecule has 0 amide bonds. The fourth-order valence-electron chi connectivity index (χ4n) is 3.40. The molecule has 0 aliphatic heterocycles. The molecule has 2 aromatic heterocycles. The maximum Gasteiger partial charge on any atom is 0.259 e. The third kappa shape index (κ3) is 3.99. The number of thioether (sulfide) groups is 1. The van der Waals surface area contributed by atoms with Crippen molar-refractivity contribution in [3.63, 3.8) is 0 Å². The molecule has 0 bridgehead atoms. The van der Waals surface area contributed by atoms with Gasteiger partial charge in [0.15, 0.2) is 10.9 Å². The lowest BCUT2D eigenvalue weighted by molar-refractivity contribution is 0.102. The summed E-state index contributed by atoms with van der Waals surface area (Å²) in [6, 6.07) is 9.24. The van der Waals surface area contributed by atoms with E-state index in [4.69, 9.17) is 4.74 Å². The van der Waals surface area contributed by atoms with E-state index < -0.39 is 0 Å². The van der Waals surface area contributed by atoms with Crippen molar-refractivity contribution < 1.29 is 9.53 Å². The van der Waals surface area contributed by atoms with Crippen molar-refractivity contribution in [1.29, 1.82) is 0 Å². The van der Waals surface area contributed by atoms with Gasteiger partial charge >= 0.3 is 0 Å². The molecule has 0 radical (unpaired) electrons. The minimum absolute atomic E-state index is 0.0137. The van der Waals surface area contributed by atoms with Crippen LogP contribution in [0.1, 0.15) is 34.7 Å². The van der Waals surface area contributed by atoms with E-state index in [1.165, 1.54) is 11.8 Å². The molecular formula is C20H23N3O3S. The van der Waals surface area contributed by atoms with Gasteiger partial charge < -0.3 is 14.3 Å². The number of rotatable bonds is 7. The maximum atomic E-state index is 12.7. The van der Waals surface area contributed by atoms with Gasteiger partial charge in [-0.05, 0) is 39.0 Å². The van der Waals surface area contributed by atoms with Gasteiger partial charge in [0.2, 0.25) is 0 Å². The number of aromatic nitrogens is 3. The van der Waals surface area contributed by atoms with E-state index >= 15 is 0 Å². The molecular weight excluding hydrogens is 362 g/mol. The molecule has 2 heterocycles. The molecule has 7 heteroatoms. The van der Waals surface area contributed by atoms with Crippen LogP contribution in [0.5, 0.6) is 0 Å². The zero-order chi connectivity index (χ0) is 19.6. The Bertz CT molecular complexity index is 1040. The zero-order valence-corrected chi connectivity index (χ0v) is 16.7. The van der Waals surface area contributed by atoms with Crippen molar-refractivity contribution >= 4 is 28.4 Å². The maximum absolute atomic E-state index is 12.7. The summed E-state index contributed by atoms with van der Waals surface area (Å²) in [5.41, 5.74) is 3.10. The largest absolute Gasteiger partial charge is 0.383 e. The third-order valence-electron chi connectivity index (χ3n) is 4.56. The number of H-pyrrole nitrogens is 1. The number of ether oxygens (including phenoxy) is 1. The van der Waals surface area contributed by atoms with E-state index in [2.05, 4.69) is 21.5 Å². The Morgan fingerprint density at radius 1 is 1.33 bits per heavy atom. The van der Waals surface area contributed by atoms with Crippen LogP contribution in [0.25, 0.3) is 10.9 Å². The van der Waals surface area contributed by atoms with Gasteiger partial charge in [-0.1, -0.05) is 23.9 Å². The van der Waals surface area contributed by atoms with Crippen LogP contribution in [0.4, 0.5) is 0 Å². The van der Waals surface area contributed by atoms with E-state index in [1.54, 1.807) is 25.3 Å². The first kappa shape index (κ1) is 19.4. The van der Waals surface area contributed by atoms with Crippen molar-refractivity contribution in [2.75, 3.05) is 19.5 Å². The van der Waals surface area contributed by atoms with E-state index in [1.807, 2.05) is 26.0 Å². The van der Waals surface area contributed by atoms with Gasteiger partial charge in [-0.3, -0.25) is 9.59 Å². The molecule has 0 spiro atoms. The summed E-state index contributed by atoms with van der Waals surface area (Å²) < 4.78 is 7.36. The van der Waals surface area contributed by atoms with Crippen molar-refractivity contribution in [3.05, 3.63) is 57.6 Å². The molecule has 1 N–H and O–H groups in total. The monoisotopic (exact) mass is 385 g/mol. The summed E-state index contributed by atoms with van der Waals surface area (Å²) >= 11 is 1.24. The van der Waals surface area contributed by atoms with E-state index in [-0.39, 0.29) is 23.1 Å². The molecule has 0 unspecified atom stereocenters. The Morgan fingerprint density at radius 3 is 2.81 bits per heavy atom. The lowest BCUT2D eigenvalue weighted by Crippen LogP contribution is -2.15. The summed E-state index contributed by atoms with van der Waals surface area (Å²) in [6.07, 6.45) is 0. The highest BCUT2D eigenvalue weighted by Crippen LogP contribution is 2.23. The van der Waals surface area contributed by atoms with E-state index in [0.717, 1.165) is 11.4 Å². The molecule has 0 saturated carbocycles. The third-order valence-corrected chi connectivity index (χ3v) is 5.44. The van der Waals surface area contributed by atoms with Gasteiger partial charge in [-0.25, -0.2) is 4.98 Å². The Balaban J connectivity index is 1.79. The fraction of sp³-hybridized carbons (Fsp3) is 0.350. The second-order valence-electron chi connectivity index (χ2n) is 6.56. The summed E-state index contributed by atoms with van der Waals surface area (Å²) in [5, 5.41) is 0.998. The number of benzene rings is 1. The van der Waals surface area contributed by atoms with Gasteiger partial charge in [0.1, 0.15) is 0 Å². The van der Waals surface area contributed by atoms with Crippen LogP contribution < -0.4 is 5.56 Å². The quantitative estimate of drug-likeness (QED) is 0.382. The number of ketones is 1. The number of nitrogens with one attached hydrogen (secondary N) is 1. The molecule has 1 atom stereocenters. The minimum Gasteiger partial charge on any atom is -0.383 e. The number of aryl methyl sites for hydroxylation is 1. The van der Waals surface area contributed by atoms with Crippen LogP contribution >= 0.6 is 11.8 Å². The lowest BCUT2D eigenvalue weighted by Gasteiger charge is -2.17. The van der Waals surface area contributed by atoms with Crippen molar-refractivity contribution in [2.45, 2.75) is 32.0 Å². The number of fused-ring (bicyclic) bond motifs is 1. The molecule has 0 saturated heterocycles. The first-order valence-electron chi connectivity index (χ1n) is 8.74. The first-order chi connectivity index (χ1) is 12.9. The second kappa shape index (κ2) is 8.10. The predicted octanol–water partition coefficient (Wildman–Crippen LogP) is 3.52. The highest BCUT2D eigenvalue weighted by molar-refractivity contribution is 7.99. The number of hydrogen-bond donors (Lipinski definition) is 1. The van der Waals surface area contributed by atoms with Crippen LogP contribution in [0.2, 0.25) is 0 Å². The Hall–Kier alpha value is -2.38. The van der Waals surface area contributed by atoms with Crippen LogP contribution in [0.3, 0.4) is 0 Å². The molecule has 6 nitrogen and oxygen atoms in total. The van der Waals surface area contributed by atoms with E-state index in [0.29, 0.717) is 28.2 Å². The van der Waals surface area contributed by atoms with Crippen LogP contribution in [0, 0.1) is 13.8 Å². The van der Waals surface area contributed by atoms with Gasteiger partial charge in [0, 0.05) is 24.1 Å². The number of carbonyl (C=O) groups excluding carboxylic acids is 1. The van der Waals surface area contributed by atoms with Gasteiger partial charge in [0.05, 0.1) is 29.3 Å². The molecule has 0 fully saturated rings. The number of Topliss-reactive ketones (excluding diaryl/α,β-unsaturated/α-hetero) is 1. The van der Waals surface area contributed by atoms with Crippen molar-refractivity contribution in [2.24, 2.45) is 0 Å². The van der Waals surface area contributed by atoms with Crippen molar-refractivity contribution in [1.82, 2.24) is 14.5 Å².